The summed E-state index contributed by atoms with van der Waals surface area (Å²) >= 11 is 0. The molecule has 0 atom stereocenters. The van der Waals surface area contributed by atoms with Gasteiger partial charge in [-0.15, -0.1) is 0 Å². The van der Waals surface area contributed by atoms with Crippen molar-refractivity contribution in [2.45, 2.75) is 6.54 Å². The first kappa shape index (κ1) is 14.0. The van der Waals surface area contributed by atoms with E-state index in [1.165, 1.54) is 18.3 Å². The van der Waals surface area contributed by atoms with Gasteiger partial charge in [0, 0.05) is 11.7 Å². The third-order valence-corrected chi connectivity index (χ3v) is 3.21. The number of hydrogen-bond acceptors (Lipinski definition) is 3. The second kappa shape index (κ2) is 6.22. The molecule has 2 aromatic carbocycles. The second-order valence-corrected chi connectivity index (χ2v) is 4.75. The largest absolute Gasteiger partial charge is 0.354 e. The Bertz CT molecular complexity index is 822. The normalized spacial score (nSPS) is 11.1. The minimum Gasteiger partial charge on any atom is -0.336 e. The Labute approximate surface area is 126 Å². The number of fused-ring (bicyclic) bond motifs is 1. The number of carbonyl (C=O) groups is 1. The number of hydrogen-bond donors (Lipinski definition) is 0. The fourth-order valence-corrected chi connectivity index (χ4v) is 2.14. The van der Waals surface area contributed by atoms with Gasteiger partial charge in [0.05, 0.1) is 6.21 Å². The monoisotopic (exact) mass is 296 g/mol. The summed E-state index contributed by atoms with van der Waals surface area (Å²) in [7, 11) is 0. The van der Waals surface area contributed by atoms with E-state index in [1.54, 1.807) is 16.7 Å². The van der Waals surface area contributed by atoms with Crippen LogP contribution in [0.5, 0.6) is 0 Å². The molecule has 0 fully saturated rings. The van der Waals surface area contributed by atoms with Gasteiger partial charge in [-0.05, 0) is 35.2 Å². The van der Waals surface area contributed by atoms with Gasteiger partial charge in [0.15, 0.2) is 0 Å². The maximum absolute atomic E-state index is 12.7. The van der Waals surface area contributed by atoms with Crippen molar-refractivity contribution >= 4 is 23.1 Å². The van der Waals surface area contributed by atoms with E-state index < -0.39 is 5.97 Å². The summed E-state index contributed by atoms with van der Waals surface area (Å²) in [6.07, 6.45) is 3.20. The van der Waals surface area contributed by atoms with Gasteiger partial charge in [-0.1, -0.05) is 35.5 Å². The first-order valence-electron chi connectivity index (χ1n) is 6.75. The van der Waals surface area contributed by atoms with Gasteiger partial charge < -0.3 is 9.40 Å². The summed E-state index contributed by atoms with van der Waals surface area (Å²) < 4.78 is 14.5. The van der Waals surface area contributed by atoms with Crippen molar-refractivity contribution in [3.8, 4) is 0 Å². The molecular formula is C17H13FN2O2. The molecule has 5 heteroatoms. The fraction of sp³-hybridized carbons (Fsp3) is 0.0588. The highest BCUT2D eigenvalue weighted by Crippen LogP contribution is 2.14. The summed E-state index contributed by atoms with van der Waals surface area (Å²) in [5.74, 6) is -0.798. The first-order chi connectivity index (χ1) is 10.7. The third-order valence-electron chi connectivity index (χ3n) is 3.21. The van der Waals surface area contributed by atoms with E-state index in [0.29, 0.717) is 5.56 Å². The number of nitrogens with zero attached hydrogens (tertiary/aromatic N) is 2. The zero-order chi connectivity index (χ0) is 15.4. The molecule has 0 saturated heterocycles. The maximum atomic E-state index is 12.7. The number of rotatable bonds is 4. The van der Waals surface area contributed by atoms with Crippen LogP contribution in [0.3, 0.4) is 0 Å². The van der Waals surface area contributed by atoms with E-state index in [4.69, 9.17) is 4.84 Å². The summed E-state index contributed by atoms with van der Waals surface area (Å²) in [5.41, 5.74) is 1.61. The van der Waals surface area contributed by atoms with E-state index in [-0.39, 0.29) is 12.4 Å². The molecule has 0 N–H and O–H groups in total. The molecule has 1 heterocycles. The number of para-hydroxylation sites is 1. The van der Waals surface area contributed by atoms with Crippen molar-refractivity contribution in [1.82, 2.24) is 4.57 Å². The Morgan fingerprint density at radius 3 is 2.73 bits per heavy atom. The molecule has 22 heavy (non-hydrogen) atoms. The molecule has 0 spiro atoms. The van der Waals surface area contributed by atoms with Crippen molar-refractivity contribution in [3.05, 3.63) is 72.2 Å². The number of oxime groups is 1. The predicted octanol–water partition coefficient (Wildman–Crippen LogP) is 3.36. The lowest BCUT2D eigenvalue weighted by Gasteiger charge is -2.02. The topological polar surface area (TPSA) is 43.6 Å². The average Bonchev–Trinajstić information content (AvgIpc) is 2.93. The van der Waals surface area contributed by atoms with Crippen LogP contribution in [0.15, 0.2) is 65.9 Å². The van der Waals surface area contributed by atoms with Crippen LogP contribution in [0, 0.1) is 5.82 Å². The van der Waals surface area contributed by atoms with Crippen molar-refractivity contribution in [2.24, 2.45) is 5.16 Å². The fourth-order valence-electron chi connectivity index (χ4n) is 2.14. The number of halogens is 1. The zero-order valence-corrected chi connectivity index (χ0v) is 11.6. The van der Waals surface area contributed by atoms with E-state index in [9.17, 15) is 9.18 Å². The van der Waals surface area contributed by atoms with Gasteiger partial charge in [-0.3, -0.25) is 0 Å². The number of benzene rings is 2. The summed E-state index contributed by atoms with van der Waals surface area (Å²) in [4.78, 5) is 16.6. The van der Waals surface area contributed by atoms with Crippen LogP contribution < -0.4 is 0 Å². The summed E-state index contributed by atoms with van der Waals surface area (Å²) in [5, 5.41) is 4.68. The standard InChI is InChI=1S/C17H13FN2O2/c18-15-7-5-13(6-8-15)11-19-22-17(21)12-20-10-9-14-3-1-2-4-16(14)20/h1-11H,12H2. The van der Waals surface area contributed by atoms with Crippen molar-refractivity contribution in [1.29, 1.82) is 0 Å². The van der Waals surface area contributed by atoms with Crippen LogP contribution in [-0.2, 0) is 16.2 Å². The van der Waals surface area contributed by atoms with E-state index in [2.05, 4.69) is 5.16 Å². The lowest BCUT2D eigenvalue weighted by Crippen LogP contribution is -2.10. The lowest BCUT2D eigenvalue weighted by atomic mass is 10.2. The van der Waals surface area contributed by atoms with Crippen molar-refractivity contribution < 1.29 is 14.0 Å². The molecule has 4 nitrogen and oxygen atoms in total. The molecule has 0 aliphatic carbocycles. The molecule has 3 aromatic rings. The van der Waals surface area contributed by atoms with Gasteiger partial charge in [0.2, 0.25) is 0 Å². The second-order valence-electron chi connectivity index (χ2n) is 4.75. The molecule has 0 saturated carbocycles. The number of aromatic nitrogens is 1. The SMILES string of the molecule is O=C(Cn1ccc2ccccc21)ON=Cc1ccc(F)cc1. The van der Waals surface area contributed by atoms with Crippen LogP contribution in [0.25, 0.3) is 10.9 Å². The zero-order valence-electron chi connectivity index (χ0n) is 11.6. The quantitative estimate of drug-likeness (QED) is 0.421. The van der Waals surface area contributed by atoms with E-state index in [1.807, 2.05) is 36.5 Å². The molecule has 0 aliphatic heterocycles. The molecule has 0 bridgehead atoms. The van der Waals surface area contributed by atoms with Gasteiger partial charge in [0.1, 0.15) is 12.4 Å². The minimum absolute atomic E-state index is 0.0776. The van der Waals surface area contributed by atoms with E-state index in [0.717, 1.165) is 10.9 Å². The van der Waals surface area contributed by atoms with Crippen LogP contribution in [0.4, 0.5) is 4.39 Å². The molecule has 3 rings (SSSR count). The molecule has 1 aromatic heterocycles. The molecule has 0 unspecified atom stereocenters. The molecule has 0 radical (unpaired) electrons. The highest BCUT2D eigenvalue weighted by molar-refractivity contribution is 5.82. The highest BCUT2D eigenvalue weighted by Gasteiger charge is 2.06. The van der Waals surface area contributed by atoms with Gasteiger partial charge in [-0.2, -0.15) is 0 Å². The Morgan fingerprint density at radius 1 is 1.14 bits per heavy atom. The highest BCUT2D eigenvalue weighted by atomic mass is 19.1. The Balaban J connectivity index is 1.62. The number of carbonyl (C=O) groups excluding carboxylic acids is 1. The van der Waals surface area contributed by atoms with Crippen molar-refractivity contribution in [2.75, 3.05) is 0 Å². The van der Waals surface area contributed by atoms with Crippen LogP contribution >= 0.6 is 0 Å². The molecule has 110 valence electrons. The summed E-state index contributed by atoms with van der Waals surface area (Å²) in [6.45, 7) is 0.0776. The van der Waals surface area contributed by atoms with Crippen molar-refractivity contribution in [3.63, 3.8) is 0 Å². The molecular weight excluding hydrogens is 283 g/mol. The van der Waals surface area contributed by atoms with Crippen LogP contribution in [0.2, 0.25) is 0 Å². The Hall–Kier alpha value is -2.95. The Morgan fingerprint density at radius 2 is 1.91 bits per heavy atom. The van der Waals surface area contributed by atoms with E-state index >= 15 is 0 Å². The maximum Gasteiger partial charge on any atom is 0.354 e. The predicted molar refractivity (Wildman–Crippen MR) is 82.0 cm³/mol. The smallest absolute Gasteiger partial charge is 0.336 e. The van der Waals surface area contributed by atoms with Crippen LogP contribution in [-0.4, -0.2) is 16.8 Å². The molecule has 0 amide bonds. The van der Waals surface area contributed by atoms with Gasteiger partial charge in [0.25, 0.3) is 0 Å². The van der Waals surface area contributed by atoms with Gasteiger partial charge >= 0.3 is 5.97 Å². The Kier molecular flexibility index (Phi) is 3.96. The lowest BCUT2D eigenvalue weighted by molar-refractivity contribution is -0.144. The molecule has 0 aliphatic rings. The van der Waals surface area contributed by atoms with Crippen LogP contribution in [0.1, 0.15) is 5.56 Å². The summed E-state index contributed by atoms with van der Waals surface area (Å²) in [6, 6.07) is 15.4. The van der Waals surface area contributed by atoms with Gasteiger partial charge in [-0.25, -0.2) is 9.18 Å². The first-order valence-corrected chi connectivity index (χ1v) is 6.75. The third kappa shape index (κ3) is 3.20. The average molecular weight is 296 g/mol. The minimum atomic E-state index is -0.472.